The van der Waals surface area contributed by atoms with E-state index in [0.717, 1.165) is 26.0 Å². The predicted molar refractivity (Wildman–Crippen MR) is 65.2 cm³/mol. The van der Waals surface area contributed by atoms with Crippen LogP contribution in [0.2, 0.25) is 5.15 Å². The summed E-state index contributed by atoms with van der Waals surface area (Å²) in [7, 11) is 1.92. The highest BCUT2D eigenvalue weighted by Crippen LogP contribution is 2.23. The van der Waals surface area contributed by atoms with Crippen LogP contribution in [-0.2, 0) is 11.3 Å². The molecular weight excluding hydrogens is 242 g/mol. The summed E-state index contributed by atoms with van der Waals surface area (Å²) in [5.41, 5.74) is 0.565. The van der Waals surface area contributed by atoms with Crippen LogP contribution in [0.1, 0.15) is 18.4 Å². The van der Waals surface area contributed by atoms with E-state index in [-0.39, 0.29) is 12.7 Å². The molecule has 1 aromatic rings. The van der Waals surface area contributed by atoms with Crippen molar-refractivity contribution in [3.63, 3.8) is 0 Å². The Balaban J connectivity index is 2.12. The van der Waals surface area contributed by atoms with E-state index >= 15 is 0 Å². The molecule has 0 aliphatic carbocycles. The van der Waals surface area contributed by atoms with Gasteiger partial charge in [-0.1, -0.05) is 11.6 Å². The molecule has 2 heterocycles. The van der Waals surface area contributed by atoms with Gasteiger partial charge in [0, 0.05) is 20.2 Å². The minimum atomic E-state index is -0.162. The van der Waals surface area contributed by atoms with Gasteiger partial charge in [0.2, 0.25) is 0 Å². The van der Waals surface area contributed by atoms with Crippen LogP contribution in [0.3, 0.4) is 0 Å². The zero-order chi connectivity index (χ0) is 12.3. The fourth-order valence-corrected chi connectivity index (χ4v) is 2.22. The van der Waals surface area contributed by atoms with Crippen LogP contribution in [0.5, 0.6) is 0 Å². The molecule has 0 amide bonds. The maximum Gasteiger partial charge on any atom is 0.140 e. The van der Waals surface area contributed by atoms with Crippen molar-refractivity contribution < 1.29 is 9.84 Å². The Morgan fingerprint density at radius 2 is 2.41 bits per heavy atom. The second kappa shape index (κ2) is 5.62. The van der Waals surface area contributed by atoms with Crippen molar-refractivity contribution in [2.75, 3.05) is 25.1 Å². The molecule has 1 saturated heterocycles. The summed E-state index contributed by atoms with van der Waals surface area (Å²) in [4.78, 5) is 9.98. The quantitative estimate of drug-likeness (QED) is 0.823. The molecule has 1 aliphatic rings. The van der Waals surface area contributed by atoms with Crippen LogP contribution in [0.4, 0.5) is 5.82 Å². The number of aromatic nitrogens is 2. The highest BCUT2D eigenvalue weighted by molar-refractivity contribution is 6.30. The molecule has 1 aromatic heterocycles. The first-order chi connectivity index (χ1) is 8.22. The molecular formula is C11H16ClN3O2. The monoisotopic (exact) mass is 257 g/mol. The van der Waals surface area contributed by atoms with Crippen LogP contribution in [0.25, 0.3) is 0 Å². The smallest absolute Gasteiger partial charge is 0.140 e. The number of ether oxygens (including phenoxy) is 1. The minimum absolute atomic E-state index is 0.162. The Labute approximate surface area is 105 Å². The molecule has 1 aliphatic heterocycles. The number of hydrogen-bond acceptors (Lipinski definition) is 5. The standard InChI is InChI=1S/C11H16ClN3O2/c1-15(5-8-3-2-4-17-8)11-9(6-16)10(12)13-7-14-11/h7-8,16H,2-6H2,1H3. The fourth-order valence-electron chi connectivity index (χ4n) is 2.03. The third-order valence-corrected chi connectivity index (χ3v) is 3.22. The van der Waals surface area contributed by atoms with E-state index in [9.17, 15) is 5.11 Å². The van der Waals surface area contributed by atoms with E-state index in [1.54, 1.807) is 0 Å². The Hall–Kier alpha value is -0.910. The summed E-state index contributed by atoms with van der Waals surface area (Å²) in [6.07, 6.45) is 3.82. The number of halogens is 1. The molecule has 0 bridgehead atoms. The van der Waals surface area contributed by atoms with Crippen molar-refractivity contribution in [1.29, 1.82) is 0 Å². The second-order valence-corrected chi connectivity index (χ2v) is 4.50. The van der Waals surface area contributed by atoms with Gasteiger partial charge >= 0.3 is 0 Å². The van der Waals surface area contributed by atoms with Crippen molar-refractivity contribution in [3.8, 4) is 0 Å². The lowest BCUT2D eigenvalue weighted by atomic mass is 10.2. The zero-order valence-corrected chi connectivity index (χ0v) is 10.5. The lowest BCUT2D eigenvalue weighted by Gasteiger charge is -2.23. The van der Waals surface area contributed by atoms with E-state index < -0.39 is 0 Å². The molecule has 6 heteroatoms. The summed E-state index contributed by atoms with van der Waals surface area (Å²) in [6.45, 7) is 1.42. The first kappa shape index (κ1) is 12.5. The third-order valence-electron chi connectivity index (χ3n) is 2.89. The van der Waals surface area contributed by atoms with Gasteiger partial charge in [-0.15, -0.1) is 0 Å². The van der Waals surface area contributed by atoms with Crippen molar-refractivity contribution in [2.24, 2.45) is 0 Å². The summed E-state index contributed by atoms with van der Waals surface area (Å²) in [5, 5.41) is 9.59. The molecule has 5 nitrogen and oxygen atoms in total. The predicted octanol–water partition coefficient (Wildman–Crippen LogP) is 1.24. The molecule has 1 N–H and O–H groups in total. The maximum absolute atomic E-state index is 9.29. The van der Waals surface area contributed by atoms with Gasteiger partial charge in [0.15, 0.2) is 0 Å². The summed E-state index contributed by atoms with van der Waals surface area (Å²) in [6, 6.07) is 0. The Bertz CT molecular complexity index is 383. The number of aliphatic hydroxyl groups excluding tert-OH is 1. The van der Waals surface area contributed by atoms with Crippen LogP contribution in [0, 0.1) is 0 Å². The number of nitrogens with zero attached hydrogens (tertiary/aromatic N) is 3. The van der Waals surface area contributed by atoms with Crippen LogP contribution < -0.4 is 4.90 Å². The highest BCUT2D eigenvalue weighted by Gasteiger charge is 2.20. The van der Waals surface area contributed by atoms with Gasteiger partial charge in [-0.25, -0.2) is 9.97 Å². The normalized spacial score (nSPS) is 19.6. The maximum atomic E-state index is 9.29. The molecule has 0 spiro atoms. The van der Waals surface area contributed by atoms with E-state index in [2.05, 4.69) is 9.97 Å². The molecule has 0 radical (unpaired) electrons. The van der Waals surface area contributed by atoms with Gasteiger partial charge in [-0.3, -0.25) is 0 Å². The summed E-state index contributed by atoms with van der Waals surface area (Å²) >= 11 is 5.92. The van der Waals surface area contributed by atoms with Crippen molar-refractivity contribution in [2.45, 2.75) is 25.6 Å². The van der Waals surface area contributed by atoms with Crippen molar-refractivity contribution in [3.05, 3.63) is 17.0 Å². The number of aliphatic hydroxyl groups is 1. The fraction of sp³-hybridized carbons (Fsp3) is 0.636. The average Bonchev–Trinajstić information content (AvgIpc) is 2.81. The molecule has 0 aromatic carbocycles. The van der Waals surface area contributed by atoms with Gasteiger partial charge in [0.1, 0.15) is 17.3 Å². The molecule has 1 unspecified atom stereocenters. The van der Waals surface area contributed by atoms with E-state index in [1.165, 1.54) is 6.33 Å². The number of rotatable bonds is 4. The molecule has 1 atom stereocenters. The molecule has 1 fully saturated rings. The van der Waals surface area contributed by atoms with Crippen LogP contribution in [0.15, 0.2) is 6.33 Å². The number of hydrogen-bond donors (Lipinski definition) is 1. The minimum Gasteiger partial charge on any atom is -0.391 e. The number of likely N-dealkylation sites (N-methyl/N-ethyl adjacent to an activating group) is 1. The van der Waals surface area contributed by atoms with E-state index in [1.807, 2.05) is 11.9 Å². The highest BCUT2D eigenvalue weighted by atomic mass is 35.5. The third kappa shape index (κ3) is 2.86. The Kier molecular flexibility index (Phi) is 4.15. The van der Waals surface area contributed by atoms with Gasteiger partial charge in [-0.05, 0) is 12.8 Å². The molecule has 2 rings (SSSR count). The van der Waals surface area contributed by atoms with Crippen LogP contribution >= 0.6 is 11.6 Å². The Morgan fingerprint density at radius 3 is 3.06 bits per heavy atom. The largest absolute Gasteiger partial charge is 0.391 e. The lowest BCUT2D eigenvalue weighted by molar-refractivity contribution is 0.116. The number of anilines is 1. The van der Waals surface area contributed by atoms with Crippen molar-refractivity contribution in [1.82, 2.24) is 9.97 Å². The van der Waals surface area contributed by atoms with E-state index in [4.69, 9.17) is 16.3 Å². The SMILES string of the molecule is CN(CC1CCCO1)c1ncnc(Cl)c1CO. The summed E-state index contributed by atoms with van der Waals surface area (Å²) in [5.74, 6) is 0.669. The second-order valence-electron chi connectivity index (χ2n) is 4.14. The van der Waals surface area contributed by atoms with Crippen molar-refractivity contribution >= 4 is 17.4 Å². The first-order valence-corrected chi connectivity index (χ1v) is 6.03. The Morgan fingerprint density at radius 1 is 1.59 bits per heavy atom. The van der Waals surface area contributed by atoms with E-state index in [0.29, 0.717) is 16.5 Å². The molecule has 0 saturated carbocycles. The van der Waals surface area contributed by atoms with Gasteiger partial charge in [0.25, 0.3) is 0 Å². The van der Waals surface area contributed by atoms with Gasteiger partial charge in [0.05, 0.1) is 18.3 Å². The topological polar surface area (TPSA) is 58.5 Å². The zero-order valence-electron chi connectivity index (χ0n) is 9.77. The average molecular weight is 258 g/mol. The van der Waals surface area contributed by atoms with Gasteiger partial charge in [-0.2, -0.15) is 0 Å². The van der Waals surface area contributed by atoms with Gasteiger partial charge < -0.3 is 14.7 Å². The lowest BCUT2D eigenvalue weighted by Crippen LogP contribution is -2.30. The summed E-state index contributed by atoms with van der Waals surface area (Å²) < 4.78 is 5.57. The van der Waals surface area contributed by atoms with Crippen LogP contribution in [-0.4, -0.2) is 41.4 Å². The first-order valence-electron chi connectivity index (χ1n) is 5.65. The molecule has 17 heavy (non-hydrogen) atoms. The molecule has 94 valence electrons.